The highest BCUT2D eigenvalue weighted by Gasteiger charge is 2.10. The zero-order chi connectivity index (χ0) is 12.6. The molecule has 0 bridgehead atoms. The lowest BCUT2D eigenvalue weighted by molar-refractivity contribution is -0.120. The van der Waals surface area contributed by atoms with E-state index in [2.05, 4.69) is 45.3 Å². The first-order valence-electron chi connectivity index (χ1n) is 6.35. The zero-order valence-electron chi connectivity index (χ0n) is 11.5. The molecule has 0 aliphatic carbocycles. The first-order chi connectivity index (χ1) is 7.35. The Kier molecular flexibility index (Phi) is 7.39. The second-order valence-corrected chi connectivity index (χ2v) is 5.74. The Morgan fingerprint density at radius 1 is 1.31 bits per heavy atom. The van der Waals surface area contributed by atoms with Gasteiger partial charge in [-0.15, -0.1) is 0 Å². The van der Waals surface area contributed by atoms with Crippen LogP contribution in [-0.2, 0) is 4.79 Å². The van der Waals surface area contributed by atoms with Crippen LogP contribution in [-0.4, -0.2) is 25.0 Å². The third kappa shape index (κ3) is 9.97. The van der Waals surface area contributed by atoms with Gasteiger partial charge in [-0.05, 0) is 31.7 Å². The van der Waals surface area contributed by atoms with E-state index >= 15 is 0 Å². The Bertz CT molecular complexity index is 197. The van der Waals surface area contributed by atoms with E-state index in [1.165, 1.54) is 0 Å². The lowest BCUT2D eigenvalue weighted by atomic mass is 9.92. The molecule has 0 radical (unpaired) electrons. The fourth-order valence-electron chi connectivity index (χ4n) is 1.50. The molecule has 1 amide bonds. The standard InChI is InChI=1S/C13H28N2O/c1-6-7-11(2)15-12(16)10-14-9-8-13(3,4)5/h11,14H,6-10H2,1-5H3,(H,15,16). The number of amides is 1. The molecule has 0 fully saturated rings. The van der Waals surface area contributed by atoms with Gasteiger partial charge < -0.3 is 10.6 Å². The Labute approximate surface area is 100 Å². The molecule has 2 N–H and O–H groups in total. The van der Waals surface area contributed by atoms with Crippen molar-refractivity contribution in [1.82, 2.24) is 10.6 Å². The summed E-state index contributed by atoms with van der Waals surface area (Å²) in [7, 11) is 0. The van der Waals surface area contributed by atoms with Gasteiger partial charge in [-0.3, -0.25) is 4.79 Å². The lowest BCUT2D eigenvalue weighted by Crippen LogP contribution is -2.39. The van der Waals surface area contributed by atoms with E-state index in [0.717, 1.165) is 25.8 Å². The summed E-state index contributed by atoms with van der Waals surface area (Å²) < 4.78 is 0. The maximum Gasteiger partial charge on any atom is 0.234 e. The number of nitrogens with one attached hydrogen (secondary N) is 2. The molecule has 1 atom stereocenters. The molecule has 0 saturated heterocycles. The molecule has 0 heterocycles. The van der Waals surface area contributed by atoms with Gasteiger partial charge in [-0.1, -0.05) is 34.1 Å². The molecular formula is C13H28N2O. The summed E-state index contributed by atoms with van der Waals surface area (Å²) in [6, 6.07) is 0.293. The largest absolute Gasteiger partial charge is 0.353 e. The Balaban J connectivity index is 3.51. The zero-order valence-corrected chi connectivity index (χ0v) is 11.5. The summed E-state index contributed by atoms with van der Waals surface area (Å²) in [6.45, 7) is 12.1. The van der Waals surface area contributed by atoms with Crippen LogP contribution in [0.3, 0.4) is 0 Å². The van der Waals surface area contributed by atoms with Gasteiger partial charge in [-0.2, -0.15) is 0 Å². The van der Waals surface area contributed by atoms with E-state index in [1.807, 2.05) is 0 Å². The lowest BCUT2D eigenvalue weighted by Gasteiger charge is -2.18. The predicted molar refractivity (Wildman–Crippen MR) is 69.5 cm³/mol. The van der Waals surface area contributed by atoms with Crippen LogP contribution in [0.4, 0.5) is 0 Å². The van der Waals surface area contributed by atoms with Gasteiger partial charge in [0.15, 0.2) is 0 Å². The molecule has 96 valence electrons. The third-order valence-electron chi connectivity index (χ3n) is 2.47. The molecule has 0 rings (SSSR count). The molecule has 0 aliphatic heterocycles. The molecule has 0 saturated carbocycles. The van der Waals surface area contributed by atoms with Crippen molar-refractivity contribution in [2.24, 2.45) is 5.41 Å². The molecule has 0 aromatic rings. The van der Waals surface area contributed by atoms with E-state index in [0.29, 0.717) is 18.0 Å². The first kappa shape index (κ1) is 15.4. The van der Waals surface area contributed by atoms with Crippen molar-refractivity contribution in [2.75, 3.05) is 13.1 Å². The summed E-state index contributed by atoms with van der Waals surface area (Å²) >= 11 is 0. The van der Waals surface area contributed by atoms with Crippen LogP contribution < -0.4 is 10.6 Å². The van der Waals surface area contributed by atoms with Crippen LogP contribution in [0.25, 0.3) is 0 Å². The summed E-state index contributed by atoms with van der Waals surface area (Å²) in [4.78, 5) is 11.5. The molecule has 3 nitrogen and oxygen atoms in total. The quantitative estimate of drug-likeness (QED) is 0.657. The normalized spacial score (nSPS) is 13.6. The molecule has 0 aromatic carbocycles. The fraction of sp³-hybridized carbons (Fsp3) is 0.923. The van der Waals surface area contributed by atoms with Crippen molar-refractivity contribution >= 4 is 5.91 Å². The molecule has 0 spiro atoms. The summed E-state index contributed by atoms with van der Waals surface area (Å²) in [6.07, 6.45) is 3.25. The van der Waals surface area contributed by atoms with Crippen LogP contribution in [0.2, 0.25) is 0 Å². The second kappa shape index (κ2) is 7.66. The number of rotatable bonds is 7. The van der Waals surface area contributed by atoms with Crippen LogP contribution >= 0.6 is 0 Å². The second-order valence-electron chi connectivity index (χ2n) is 5.74. The third-order valence-corrected chi connectivity index (χ3v) is 2.47. The molecule has 3 heteroatoms. The van der Waals surface area contributed by atoms with Crippen LogP contribution in [0.1, 0.15) is 53.9 Å². The molecule has 1 unspecified atom stereocenters. The number of hydrogen-bond acceptors (Lipinski definition) is 2. The van der Waals surface area contributed by atoms with E-state index in [1.54, 1.807) is 0 Å². The van der Waals surface area contributed by atoms with E-state index in [-0.39, 0.29) is 5.91 Å². The number of carbonyl (C=O) groups excluding carboxylic acids is 1. The van der Waals surface area contributed by atoms with E-state index < -0.39 is 0 Å². The Morgan fingerprint density at radius 2 is 1.94 bits per heavy atom. The van der Waals surface area contributed by atoms with Gasteiger partial charge >= 0.3 is 0 Å². The predicted octanol–water partition coefficient (Wildman–Crippen LogP) is 2.32. The average Bonchev–Trinajstić information content (AvgIpc) is 2.11. The SMILES string of the molecule is CCCC(C)NC(=O)CNCCC(C)(C)C. The van der Waals surface area contributed by atoms with Crippen LogP contribution in [0, 0.1) is 5.41 Å². The minimum Gasteiger partial charge on any atom is -0.353 e. The Hall–Kier alpha value is -0.570. The van der Waals surface area contributed by atoms with Gasteiger partial charge in [0.1, 0.15) is 0 Å². The van der Waals surface area contributed by atoms with Gasteiger partial charge in [0.25, 0.3) is 0 Å². The van der Waals surface area contributed by atoms with Gasteiger partial charge in [0, 0.05) is 6.04 Å². The Morgan fingerprint density at radius 3 is 2.44 bits per heavy atom. The maximum absolute atomic E-state index is 11.5. The minimum absolute atomic E-state index is 0.106. The number of hydrogen-bond donors (Lipinski definition) is 2. The van der Waals surface area contributed by atoms with Crippen molar-refractivity contribution in [3.63, 3.8) is 0 Å². The fourth-order valence-corrected chi connectivity index (χ4v) is 1.50. The molecule has 16 heavy (non-hydrogen) atoms. The highest BCUT2D eigenvalue weighted by molar-refractivity contribution is 5.78. The molecule has 0 aromatic heterocycles. The van der Waals surface area contributed by atoms with Crippen molar-refractivity contribution < 1.29 is 4.79 Å². The van der Waals surface area contributed by atoms with Crippen molar-refractivity contribution in [2.45, 2.75) is 59.9 Å². The monoisotopic (exact) mass is 228 g/mol. The minimum atomic E-state index is 0.106. The molecule has 0 aliphatic rings. The highest BCUT2D eigenvalue weighted by Crippen LogP contribution is 2.16. The summed E-state index contributed by atoms with van der Waals surface area (Å²) in [5.41, 5.74) is 0.332. The first-order valence-corrected chi connectivity index (χ1v) is 6.35. The summed E-state index contributed by atoms with van der Waals surface area (Å²) in [5.74, 6) is 0.106. The number of carbonyl (C=O) groups is 1. The van der Waals surface area contributed by atoms with Crippen molar-refractivity contribution in [3.05, 3.63) is 0 Å². The smallest absolute Gasteiger partial charge is 0.234 e. The molecular weight excluding hydrogens is 200 g/mol. The van der Waals surface area contributed by atoms with Crippen molar-refractivity contribution in [3.8, 4) is 0 Å². The summed E-state index contributed by atoms with van der Waals surface area (Å²) in [5, 5.41) is 6.15. The van der Waals surface area contributed by atoms with Gasteiger partial charge in [0.2, 0.25) is 5.91 Å². The average molecular weight is 228 g/mol. The van der Waals surface area contributed by atoms with Gasteiger partial charge in [-0.25, -0.2) is 0 Å². The van der Waals surface area contributed by atoms with Gasteiger partial charge in [0.05, 0.1) is 6.54 Å². The van der Waals surface area contributed by atoms with Crippen LogP contribution in [0.5, 0.6) is 0 Å². The van der Waals surface area contributed by atoms with Crippen molar-refractivity contribution in [1.29, 1.82) is 0 Å². The topological polar surface area (TPSA) is 41.1 Å². The highest BCUT2D eigenvalue weighted by atomic mass is 16.1. The maximum atomic E-state index is 11.5. The van der Waals surface area contributed by atoms with Crippen LogP contribution in [0.15, 0.2) is 0 Å². The van der Waals surface area contributed by atoms with E-state index in [9.17, 15) is 4.79 Å². The van der Waals surface area contributed by atoms with E-state index in [4.69, 9.17) is 0 Å².